The molecule has 1 unspecified atom stereocenters. The van der Waals surface area contributed by atoms with Crippen LogP contribution < -0.4 is 5.32 Å². The lowest BCUT2D eigenvalue weighted by Gasteiger charge is -2.23. The molecule has 3 nitrogen and oxygen atoms in total. The molecule has 1 atom stereocenters. The number of rotatable bonds is 5. The van der Waals surface area contributed by atoms with Crippen LogP contribution in [0.1, 0.15) is 19.8 Å². The number of nitrogens with zero attached hydrogens (tertiary/aromatic N) is 1. The van der Waals surface area contributed by atoms with E-state index in [2.05, 4.69) is 21.9 Å². The number of hydrogen-bond donors (Lipinski definition) is 1. The normalized spacial score (nSPS) is 23.6. The third kappa shape index (κ3) is 6.85. The van der Waals surface area contributed by atoms with Gasteiger partial charge in [-0.1, -0.05) is 6.92 Å². The summed E-state index contributed by atoms with van der Waals surface area (Å²) in [5, 5.41) is 3.41. The second-order valence-corrected chi connectivity index (χ2v) is 4.38. The monoisotopic (exact) mass is 254 g/mol. The predicted octanol–water partition coefficient (Wildman–Crippen LogP) is 1.64. The van der Waals surface area contributed by atoms with Crippen LogP contribution in [-0.4, -0.2) is 56.5 Å². The van der Waals surface area contributed by atoms with E-state index in [-0.39, 0.29) is 6.61 Å². The molecule has 1 fully saturated rings. The summed E-state index contributed by atoms with van der Waals surface area (Å²) in [6, 6.07) is 0.445. The summed E-state index contributed by atoms with van der Waals surface area (Å²) in [5.74, 6) is 0. The minimum Gasteiger partial charge on any atom is -0.371 e. The lowest BCUT2D eigenvalue weighted by atomic mass is 10.2. The molecule has 0 saturated carbocycles. The van der Waals surface area contributed by atoms with Crippen LogP contribution in [0, 0.1) is 0 Å². The van der Waals surface area contributed by atoms with Gasteiger partial charge in [0.15, 0.2) is 0 Å². The Balaban J connectivity index is 2.16. The molecule has 0 aromatic heterocycles. The number of halogens is 3. The van der Waals surface area contributed by atoms with Crippen LogP contribution in [0.3, 0.4) is 0 Å². The Morgan fingerprint density at radius 3 is 2.82 bits per heavy atom. The Labute approximate surface area is 100 Å². The average molecular weight is 254 g/mol. The Kier molecular flexibility index (Phi) is 6.22. The van der Waals surface area contributed by atoms with Gasteiger partial charge in [0.1, 0.15) is 6.61 Å². The third-order valence-electron chi connectivity index (χ3n) is 2.87. The van der Waals surface area contributed by atoms with Crippen LogP contribution in [0.15, 0.2) is 0 Å². The van der Waals surface area contributed by atoms with Gasteiger partial charge in [0.05, 0.1) is 6.61 Å². The maximum Gasteiger partial charge on any atom is 0.411 e. The van der Waals surface area contributed by atoms with Gasteiger partial charge in [-0.2, -0.15) is 13.2 Å². The van der Waals surface area contributed by atoms with E-state index in [0.717, 1.165) is 32.5 Å². The zero-order chi connectivity index (χ0) is 12.7. The van der Waals surface area contributed by atoms with Crippen LogP contribution in [0.4, 0.5) is 13.2 Å². The van der Waals surface area contributed by atoms with E-state index in [4.69, 9.17) is 0 Å². The maximum atomic E-state index is 11.9. The van der Waals surface area contributed by atoms with Crippen molar-refractivity contribution in [2.75, 3.05) is 39.4 Å². The fourth-order valence-electron chi connectivity index (χ4n) is 1.93. The second kappa shape index (κ2) is 7.18. The van der Waals surface area contributed by atoms with E-state index in [0.29, 0.717) is 12.6 Å². The summed E-state index contributed by atoms with van der Waals surface area (Å²) >= 11 is 0. The van der Waals surface area contributed by atoms with Gasteiger partial charge in [-0.15, -0.1) is 0 Å². The molecule has 0 amide bonds. The maximum absolute atomic E-state index is 11.9. The van der Waals surface area contributed by atoms with Crippen molar-refractivity contribution in [2.24, 2.45) is 0 Å². The minimum atomic E-state index is -4.22. The van der Waals surface area contributed by atoms with Gasteiger partial charge in [0.25, 0.3) is 0 Å². The predicted molar refractivity (Wildman–Crippen MR) is 60.0 cm³/mol. The first-order valence-corrected chi connectivity index (χ1v) is 6.11. The zero-order valence-corrected chi connectivity index (χ0v) is 10.2. The van der Waals surface area contributed by atoms with Gasteiger partial charge in [-0.25, -0.2) is 0 Å². The molecule has 102 valence electrons. The van der Waals surface area contributed by atoms with Crippen molar-refractivity contribution < 1.29 is 17.9 Å². The molecule has 0 aromatic rings. The number of alkyl halides is 3. The summed E-state index contributed by atoms with van der Waals surface area (Å²) in [5.41, 5.74) is 0. The fraction of sp³-hybridized carbons (Fsp3) is 1.00. The molecule has 1 aliphatic rings. The highest BCUT2D eigenvalue weighted by molar-refractivity contribution is 4.75. The van der Waals surface area contributed by atoms with Crippen LogP contribution in [0.25, 0.3) is 0 Å². The van der Waals surface area contributed by atoms with E-state index >= 15 is 0 Å². The van der Waals surface area contributed by atoms with Crippen molar-refractivity contribution in [1.82, 2.24) is 10.2 Å². The standard InChI is InChI=1S/C11H21F3N2O/c1-2-10-8-16(5-3-4-15-10)6-7-17-9-11(12,13)14/h10,15H,2-9H2,1H3. The van der Waals surface area contributed by atoms with Crippen molar-refractivity contribution in [3.8, 4) is 0 Å². The first kappa shape index (κ1) is 14.7. The van der Waals surface area contributed by atoms with E-state index in [1.165, 1.54) is 0 Å². The molecule has 1 N–H and O–H groups in total. The van der Waals surface area contributed by atoms with E-state index in [9.17, 15) is 13.2 Å². The smallest absolute Gasteiger partial charge is 0.371 e. The molecule has 1 heterocycles. The van der Waals surface area contributed by atoms with Crippen molar-refractivity contribution in [3.63, 3.8) is 0 Å². The number of nitrogens with one attached hydrogen (secondary N) is 1. The van der Waals surface area contributed by atoms with Crippen LogP contribution in [0.2, 0.25) is 0 Å². The molecular weight excluding hydrogens is 233 g/mol. The first-order chi connectivity index (χ1) is 8.01. The number of ether oxygens (including phenoxy) is 1. The van der Waals surface area contributed by atoms with E-state index in [1.807, 2.05) is 0 Å². The molecule has 0 aromatic carbocycles. The summed E-state index contributed by atoms with van der Waals surface area (Å²) in [6.07, 6.45) is -2.14. The van der Waals surface area contributed by atoms with E-state index < -0.39 is 12.8 Å². The minimum absolute atomic E-state index is 0.149. The SMILES string of the molecule is CCC1CN(CCOCC(F)(F)F)CCCN1. The highest BCUT2D eigenvalue weighted by atomic mass is 19.4. The summed E-state index contributed by atoms with van der Waals surface area (Å²) < 4.78 is 40.2. The van der Waals surface area contributed by atoms with Gasteiger partial charge in [-0.05, 0) is 25.9 Å². The highest BCUT2D eigenvalue weighted by Gasteiger charge is 2.27. The van der Waals surface area contributed by atoms with E-state index in [1.54, 1.807) is 0 Å². The fourth-order valence-corrected chi connectivity index (χ4v) is 1.93. The molecule has 1 rings (SSSR count). The number of hydrogen-bond acceptors (Lipinski definition) is 3. The largest absolute Gasteiger partial charge is 0.411 e. The van der Waals surface area contributed by atoms with Gasteiger partial charge in [0, 0.05) is 19.1 Å². The second-order valence-electron chi connectivity index (χ2n) is 4.38. The molecule has 1 aliphatic heterocycles. The van der Waals surface area contributed by atoms with Crippen molar-refractivity contribution >= 4 is 0 Å². The lowest BCUT2D eigenvalue weighted by Crippen LogP contribution is -2.38. The quantitative estimate of drug-likeness (QED) is 0.755. The van der Waals surface area contributed by atoms with Crippen molar-refractivity contribution in [3.05, 3.63) is 0 Å². The topological polar surface area (TPSA) is 24.5 Å². The van der Waals surface area contributed by atoms with Gasteiger partial charge in [-0.3, -0.25) is 4.90 Å². The molecule has 0 spiro atoms. The van der Waals surface area contributed by atoms with Crippen molar-refractivity contribution in [1.29, 1.82) is 0 Å². The molecule has 0 bridgehead atoms. The Morgan fingerprint density at radius 1 is 1.41 bits per heavy atom. The highest BCUT2D eigenvalue weighted by Crippen LogP contribution is 2.14. The third-order valence-corrected chi connectivity index (χ3v) is 2.87. The Bertz CT molecular complexity index is 211. The molecule has 17 heavy (non-hydrogen) atoms. The molecule has 0 radical (unpaired) electrons. The van der Waals surface area contributed by atoms with Crippen LogP contribution in [-0.2, 0) is 4.74 Å². The zero-order valence-electron chi connectivity index (χ0n) is 10.2. The molecule has 6 heteroatoms. The average Bonchev–Trinajstić information content (AvgIpc) is 2.48. The summed E-state index contributed by atoms with van der Waals surface area (Å²) in [7, 11) is 0. The van der Waals surface area contributed by atoms with Gasteiger partial charge in [0.2, 0.25) is 0 Å². The molecular formula is C11H21F3N2O. The van der Waals surface area contributed by atoms with Crippen LogP contribution >= 0.6 is 0 Å². The molecule has 1 saturated heterocycles. The molecule has 0 aliphatic carbocycles. The van der Waals surface area contributed by atoms with Crippen LogP contribution in [0.5, 0.6) is 0 Å². The summed E-state index contributed by atoms with van der Waals surface area (Å²) in [4.78, 5) is 2.17. The van der Waals surface area contributed by atoms with Gasteiger partial charge >= 0.3 is 6.18 Å². The first-order valence-electron chi connectivity index (χ1n) is 6.11. The van der Waals surface area contributed by atoms with Gasteiger partial charge < -0.3 is 10.1 Å². The Morgan fingerprint density at radius 2 is 2.18 bits per heavy atom. The lowest BCUT2D eigenvalue weighted by molar-refractivity contribution is -0.174. The van der Waals surface area contributed by atoms with Crippen molar-refractivity contribution in [2.45, 2.75) is 32.0 Å². The summed E-state index contributed by atoms with van der Waals surface area (Å²) in [6.45, 7) is 4.50. The Hall–Kier alpha value is -0.330.